The average molecular weight is 466 g/mol. The standard InChI is InChI=1S/C23H27N7O2S/c1-4-5-8-30(2)23(31)13-6-7-15-17(10-13)33-22-18(15)20(24-12-25-22)27-16-9-14-11-26-29-19(14)28-21(16)32-3/h9,11-13H,4-8,10H2,1-3H3,(H,24,25,27)(H,26,28,29). The number of nitrogens with one attached hydrogen (secondary N) is 2. The minimum absolute atomic E-state index is 0.0320. The van der Waals surface area contributed by atoms with Crippen LogP contribution in [0.25, 0.3) is 21.3 Å². The largest absolute Gasteiger partial charge is 0.479 e. The summed E-state index contributed by atoms with van der Waals surface area (Å²) in [7, 11) is 3.51. The summed E-state index contributed by atoms with van der Waals surface area (Å²) in [6.07, 6.45) is 7.87. The minimum Gasteiger partial charge on any atom is -0.479 e. The molecule has 1 aliphatic rings. The van der Waals surface area contributed by atoms with Crippen molar-refractivity contribution in [3.05, 3.63) is 29.0 Å². The summed E-state index contributed by atoms with van der Waals surface area (Å²) in [6.45, 7) is 2.97. The van der Waals surface area contributed by atoms with E-state index in [4.69, 9.17) is 4.74 Å². The Labute approximate surface area is 195 Å². The average Bonchev–Trinajstić information content (AvgIpc) is 3.45. The number of H-pyrrole nitrogens is 1. The van der Waals surface area contributed by atoms with E-state index in [1.807, 2.05) is 18.0 Å². The molecule has 1 atom stereocenters. The van der Waals surface area contributed by atoms with Crippen LogP contribution >= 0.6 is 11.3 Å². The van der Waals surface area contributed by atoms with Gasteiger partial charge in [0.15, 0.2) is 5.65 Å². The Kier molecular flexibility index (Phi) is 5.84. The number of nitrogens with zero attached hydrogens (tertiary/aromatic N) is 5. The van der Waals surface area contributed by atoms with Gasteiger partial charge in [0.2, 0.25) is 11.8 Å². The summed E-state index contributed by atoms with van der Waals surface area (Å²) in [6, 6.07) is 1.94. The van der Waals surface area contributed by atoms with E-state index in [-0.39, 0.29) is 11.8 Å². The third-order valence-corrected chi connectivity index (χ3v) is 7.42. The van der Waals surface area contributed by atoms with Gasteiger partial charge in [-0.15, -0.1) is 11.3 Å². The SMILES string of the molecule is CCCCN(C)C(=O)C1CCc2c(sc3ncnc(Nc4cc5cn[nH]c5nc4OC)c23)C1. The molecule has 0 spiro atoms. The molecule has 0 saturated heterocycles. The van der Waals surface area contributed by atoms with Crippen LogP contribution in [-0.2, 0) is 17.6 Å². The molecule has 0 radical (unpaired) electrons. The van der Waals surface area contributed by atoms with Crippen LogP contribution in [0.3, 0.4) is 0 Å². The third-order valence-electron chi connectivity index (χ3n) is 6.26. The van der Waals surface area contributed by atoms with E-state index in [0.29, 0.717) is 17.2 Å². The fourth-order valence-electron chi connectivity index (χ4n) is 4.47. The van der Waals surface area contributed by atoms with Crippen molar-refractivity contribution in [2.75, 3.05) is 26.0 Å². The molecule has 4 aromatic rings. The van der Waals surface area contributed by atoms with Crippen molar-refractivity contribution in [1.82, 2.24) is 30.0 Å². The zero-order valence-corrected chi connectivity index (χ0v) is 19.8. The molecule has 172 valence electrons. The number of ether oxygens (including phenoxy) is 1. The Morgan fingerprint density at radius 2 is 2.27 bits per heavy atom. The first-order valence-electron chi connectivity index (χ1n) is 11.2. The van der Waals surface area contributed by atoms with Gasteiger partial charge in [-0.1, -0.05) is 13.3 Å². The van der Waals surface area contributed by atoms with Crippen molar-refractivity contribution >= 4 is 50.0 Å². The summed E-state index contributed by atoms with van der Waals surface area (Å²) in [5.74, 6) is 1.47. The van der Waals surface area contributed by atoms with Crippen LogP contribution in [-0.4, -0.2) is 56.7 Å². The molecule has 4 aromatic heterocycles. The zero-order valence-electron chi connectivity index (χ0n) is 19.0. The Hall–Kier alpha value is -3.27. The number of hydrogen-bond acceptors (Lipinski definition) is 8. The van der Waals surface area contributed by atoms with Gasteiger partial charge in [-0.2, -0.15) is 10.1 Å². The number of anilines is 2. The van der Waals surface area contributed by atoms with Crippen LogP contribution < -0.4 is 10.1 Å². The van der Waals surface area contributed by atoms with Crippen LogP contribution in [0.4, 0.5) is 11.5 Å². The predicted molar refractivity (Wildman–Crippen MR) is 129 cm³/mol. The molecule has 0 aliphatic heterocycles. The number of aromatic amines is 1. The van der Waals surface area contributed by atoms with Crippen LogP contribution in [0.5, 0.6) is 5.88 Å². The van der Waals surface area contributed by atoms with Gasteiger partial charge in [0.25, 0.3) is 0 Å². The number of hydrogen-bond donors (Lipinski definition) is 2. The van der Waals surface area contributed by atoms with Crippen LogP contribution in [0.15, 0.2) is 18.6 Å². The van der Waals surface area contributed by atoms with E-state index >= 15 is 0 Å². The molecule has 0 saturated carbocycles. The molecule has 1 aliphatic carbocycles. The van der Waals surface area contributed by atoms with Crippen molar-refractivity contribution in [2.24, 2.45) is 5.92 Å². The highest BCUT2D eigenvalue weighted by Crippen LogP contribution is 2.41. The van der Waals surface area contributed by atoms with E-state index in [0.717, 1.165) is 60.1 Å². The maximum atomic E-state index is 13.0. The van der Waals surface area contributed by atoms with E-state index in [9.17, 15) is 4.79 Å². The maximum Gasteiger partial charge on any atom is 0.239 e. The molecule has 9 nitrogen and oxygen atoms in total. The van der Waals surface area contributed by atoms with Gasteiger partial charge < -0.3 is 15.0 Å². The number of aryl methyl sites for hydroxylation is 1. The summed E-state index contributed by atoms with van der Waals surface area (Å²) in [5.41, 5.74) is 2.63. The molecule has 33 heavy (non-hydrogen) atoms. The normalized spacial score (nSPS) is 15.5. The number of methoxy groups -OCH3 is 1. The monoisotopic (exact) mass is 465 g/mol. The second-order valence-corrected chi connectivity index (χ2v) is 9.52. The Morgan fingerprint density at radius 1 is 1.39 bits per heavy atom. The second kappa shape index (κ2) is 8.93. The lowest BCUT2D eigenvalue weighted by atomic mass is 9.87. The molecule has 1 amide bonds. The van der Waals surface area contributed by atoms with Crippen molar-refractivity contribution < 1.29 is 9.53 Å². The first-order valence-corrected chi connectivity index (χ1v) is 12.1. The number of fused-ring (bicyclic) bond motifs is 4. The highest BCUT2D eigenvalue weighted by molar-refractivity contribution is 7.19. The van der Waals surface area contributed by atoms with Gasteiger partial charge in [-0.05, 0) is 37.3 Å². The molecule has 0 aromatic carbocycles. The number of carbonyl (C=O) groups is 1. The predicted octanol–water partition coefficient (Wildman–Crippen LogP) is 4.08. The van der Waals surface area contributed by atoms with Gasteiger partial charge in [0.1, 0.15) is 22.7 Å². The summed E-state index contributed by atoms with van der Waals surface area (Å²) < 4.78 is 5.49. The van der Waals surface area contributed by atoms with E-state index in [1.54, 1.807) is 31.0 Å². The number of aromatic nitrogens is 5. The first kappa shape index (κ1) is 21.6. The molecule has 0 bridgehead atoms. The summed E-state index contributed by atoms with van der Waals surface area (Å²) in [5, 5.41) is 12.2. The molecule has 5 rings (SSSR count). The number of pyridine rings is 1. The van der Waals surface area contributed by atoms with Gasteiger partial charge in [0.05, 0.1) is 18.7 Å². The topological polar surface area (TPSA) is 109 Å². The molecule has 0 fully saturated rings. The van der Waals surface area contributed by atoms with Gasteiger partial charge in [-0.25, -0.2) is 9.97 Å². The lowest BCUT2D eigenvalue weighted by molar-refractivity contribution is -0.134. The Morgan fingerprint density at radius 3 is 3.09 bits per heavy atom. The molecule has 1 unspecified atom stereocenters. The quantitative estimate of drug-likeness (QED) is 0.423. The minimum atomic E-state index is 0.0320. The van der Waals surface area contributed by atoms with E-state index in [1.165, 1.54) is 10.4 Å². The lowest BCUT2D eigenvalue weighted by Gasteiger charge is -2.26. The highest BCUT2D eigenvalue weighted by Gasteiger charge is 2.30. The number of amides is 1. The Bertz CT molecular complexity index is 1320. The molecule has 4 heterocycles. The first-order chi connectivity index (χ1) is 16.1. The third kappa shape index (κ3) is 3.99. The van der Waals surface area contributed by atoms with Crippen molar-refractivity contribution in [1.29, 1.82) is 0 Å². The fraction of sp³-hybridized carbons (Fsp3) is 0.435. The van der Waals surface area contributed by atoms with Gasteiger partial charge in [0, 0.05) is 29.8 Å². The lowest BCUT2D eigenvalue weighted by Crippen LogP contribution is -2.36. The Balaban J connectivity index is 1.45. The van der Waals surface area contributed by atoms with Crippen LogP contribution in [0.1, 0.15) is 36.6 Å². The molecule has 2 N–H and O–H groups in total. The number of carbonyl (C=O) groups excluding carboxylic acids is 1. The zero-order chi connectivity index (χ0) is 22.9. The van der Waals surface area contributed by atoms with Crippen molar-refractivity contribution in [3.63, 3.8) is 0 Å². The smallest absolute Gasteiger partial charge is 0.239 e. The summed E-state index contributed by atoms with van der Waals surface area (Å²) >= 11 is 1.67. The van der Waals surface area contributed by atoms with Crippen LogP contribution in [0.2, 0.25) is 0 Å². The number of rotatable bonds is 7. The maximum absolute atomic E-state index is 13.0. The number of thiophene rings is 1. The van der Waals surface area contributed by atoms with E-state index < -0.39 is 0 Å². The fourth-order valence-corrected chi connectivity index (χ4v) is 5.74. The molecular weight excluding hydrogens is 438 g/mol. The van der Waals surface area contributed by atoms with Crippen LogP contribution in [0, 0.1) is 5.92 Å². The summed E-state index contributed by atoms with van der Waals surface area (Å²) in [4.78, 5) is 30.6. The van der Waals surface area contributed by atoms with Crippen molar-refractivity contribution in [3.8, 4) is 5.88 Å². The van der Waals surface area contributed by atoms with E-state index in [2.05, 4.69) is 37.4 Å². The van der Waals surface area contributed by atoms with Gasteiger partial charge in [-0.3, -0.25) is 9.89 Å². The van der Waals surface area contributed by atoms with Gasteiger partial charge >= 0.3 is 0 Å². The second-order valence-electron chi connectivity index (χ2n) is 8.44. The van der Waals surface area contributed by atoms with Crippen molar-refractivity contribution in [2.45, 2.75) is 39.0 Å². The molecular formula is C23H27N7O2S. The number of unbranched alkanes of at least 4 members (excludes halogenated alkanes) is 1. The highest BCUT2D eigenvalue weighted by atomic mass is 32.1. The molecule has 10 heteroatoms.